The monoisotopic (exact) mass is 1230 g/mol. The van der Waals surface area contributed by atoms with Gasteiger partial charge in [0.05, 0.1) is 0 Å². The Morgan fingerprint density at radius 3 is 0.756 bits per heavy atom. The van der Waals surface area contributed by atoms with Gasteiger partial charge in [-0.15, -0.1) is 0 Å². The van der Waals surface area contributed by atoms with Crippen LogP contribution in [0.1, 0.15) is 428 Å². The first-order chi connectivity index (χ1) is 41.8. The van der Waals surface area contributed by atoms with Crippen molar-refractivity contribution in [2.45, 2.75) is 421 Å². The Kier molecular flexibility index (Phi) is 61.7. The summed E-state index contributed by atoms with van der Waals surface area (Å²) in [6.07, 6.45) is 78.2. The summed E-state index contributed by atoms with van der Waals surface area (Å²) in [7, 11) is 0. The molecule has 86 heavy (non-hydrogen) atoms. The molecule has 0 atom stereocenters. The standard InChI is InChI=1S/C37H54N2.2C23H47.Ni/c1-7-11-15-17-21-35-34(20-16-12-8-2)36(32-23-28(5)22-29(6)24-32)39(38)37(35)33-26-30(18-13-9-3)25-31(27-33)19-14-10-4;2*1-3-5-7-9-11-13-15-17-19-21-23-22-20-18-16-14-12-10-8-6-4-2;/h22-27H,7-21H2,1-6H3;2*1,3-23H2,2H3;/q;2*-1;+2. The molecule has 0 bridgehead atoms. The van der Waals surface area contributed by atoms with Gasteiger partial charge in [0.15, 0.2) is 0 Å². The van der Waals surface area contributed by atoms with E-state index in [0.29, 0.717) is 0 Å². The summed E-state index contributed by atoms with van der Waals surface area (Å²) < 4.78 is 1.59. The van der Waals surface area contributed by atoms with Gasteiger partial charge in [-0.2, -0.15) is 12.8 Å². The molecule has 2 nitrogen and oxygen atoms in total. The van der Waals surface area contributed by atoms with E-state index >= 15 is 0 Å². The third kappa shape index (κ3) is 45.3. The molecule has 0 aromatic heterocycles. The Balaban J connectivity index is 0.00000134. The van der Waals surface area contributed by atoms with Crippen LogP contribution < -0.4 is 0 Å². The molecule has 2 aromatic carbocycles. The number of unbranched alkanes of at least 4 members (excludes halogenated alkanes) is 47. The van der Waals surface area contributed by atoms with Gasteiger partial charge in [-0.1, -0.05) is 367 Å². The maximum Gasteiger partial charge on any atom is 2.00 e. The fourth-order valence-electron chi connectivity index (χ4n) is 13.0. The summed E-state index contributed by atoms with van der Waals surface area (Å²) in [5.74, 6) is 0. The van der Waals surface area contributed by atoms with Crippen molar-refractivity contribution in [2.75, 3.05) is 0 Å². The molecule has 0 radical (unpaired) electrons. The average Bonchev–Trinajstić information content (AvgIpc) is 1.70. The fraction of sp³-hybridized carbons (Fsp3) is 0.783. The number of hydrogen-bond donors (Lipinski definition) is 0. The van der Waals surface area contributed by atoms with Gasteiger partial charge < -0.3 is 19.4 Å². The molecular formula is C83H148N2Ni. The summed E-state index contributed by atoms with van der Waals surface area (Å²) >= 11 is 0. The van der Waals surface area contributed by atoms with Crippen LogP contribution in [0, 0.1) is 27.7 Å². The van der Waals surface area contributed by atoms with Crippen molar-refractivity contribution >= 4 is 11.4 Å². The quantitative estimate of drug-likeness (QED) is 0.0273. The molecule has 0 amide bonds. The summed E-state index contributed by atoms with van der Waals surface area (Å²) in [6, 6.07) is 13.9. The van der Waals surface area contributed by atoms with E-state index in [1.165, 1.54) is 360 Å². The first kappa shape index (κ1) is 84.0. The predicted octanol–water partition coefficient (Wildman–Crippen LogP) is 29.8. The Morgan fingerprint density at radius 2 is 0.488 bits per heavy atom. The second-order valence-electron chi connectivity index (χ2n) is 27.0. The molecule has 500 valence electrons. The van der Waals surface area contributed by atoms with Crippen LogP contribution in [0.5, 0.6) is 0 Å². The minimum atomic E-state index is 0. The number of rotatable bonds is 57. The van der Waals surface area contributed by atoms with Crippen LogP contribution in [0.3, 0.4) is 0 Å². The zero-order valence-corrected chi connectivity index (χ0v) is 60.4. The summed E-state index contributed by atoms with van der Waals surface area (Å²) in [5, 5.41) is 0. The molecule has 1 heterocycles. The van der Waals surface area contributed by atoms with Crippen molar-refractivity contribution in [3.8, 4) is 0 Å². The van der Waals surface area contributed by atoms with E-state index in [4.69, 9.17) is 0 Å². The van der Waals surface area contributed by atoms with E-state index in [2.05, 4.69) is 106 Å². The van der Waals surface area contributed by atoms with Gasteiger partial charge in [0.1, 0.15) is 0 Å². The van der Waals surface area contributed by atoms with E-state index in [1.807, 2.05) is 0 Å². The second-order valence-corrected chi connectivity index (χ2v) is 27.0. The molecule has 1 aliphatic rings. The third-order valence-electron chi connectivity index (χ3n) is 18.3. The van der Waals surface area contributed by atoms with E-state index in [9.17, 15) is 5.53 Å². The Labute approximate surface area is 551 Å². The van der Waals surface area contributed by atoms with E-state index in [1.54, 1.807) is 4.70 Å². The molecule has 0 saturated heterocycles. The zero-order valence-electron chi connectivity index (χ0n) is 59.4. The molecule has 0 aliphatic carbocycles. The molecule has 0 fully saturated rings. The Bertz CT molecular complexity index is 1740. The third-order valence-corrected chi connectivity index (χ3v) is 18.3. The Hall–Kier alpha value is -1.99. The SMILES string of the molecule is CCCCCCC1=C(c2cc(CCCC)cc(CCCC)c2)[N+](=[N-])C(c2cc(C)cc(C)c2)=C1CCCCC.[CH2-]CCCCCCCCCCCCCCCCCCCCCC.[CH2-]CCCCCCCCCCCCCCCCCCCCCC.[Ni+2]. The topological polar surface area (TPSA) is 25.3 Å². The van der Waals surface area contributed by atoms with Gasteiger partial charge in [0, 0.05) is 22.3 Å². The summed E-state index contributed by atoms with van der Waals surface area (Å²) in [4.78, 5) is 0. The van der Waals surface area contributed by atoms with Crippen LogP contribution in [-0.4, -0.2) is 4.70 Å². The van der Waals surface area contributed by atoms with Crippen LogP contribution in [0.4, 0.5) is 0 Å². The van der Waals surface area contributed by atoms with Crippen molar-refractivity contribution in [1.82, 2.24) is 0 Å². The van der Waals surface area contributed by atoms with Crippen molar-refractivity contribution in [2.24, 2.45) is 0 Å². The van der Waals surface area contributed by atoms with Crippen LogP contribution in [0.25, 0.3) is 16.9 Å². The molecule has 0 unspecified atom stereocenters. The first-order valence-electron chi connectivity index (χ1n) is 38.5. The first-order valence-corrected chi connectivity index (χ1v) is 38.5. The Morgan fingerprint density at radius 1 is 0.267 bits per heavy atom. The predicted molar refractivity (Wildman–Crippen MR) is 386 cm³/mol. The zero-order chi connectivity index (χ0) is 61.9. The number of allylic oxidation sites excluding steroid dienone is 2. The normalized spacial score (nSPS) is 12.2. The number of aryl methyl sites for hydroxylation is 4. The van der Waals surface area contributed by atoms with Gasteiger partial charge in [-0.25, -0.2) is 4.70 Å². The minimum absolute atomic E-state index is 0. The van der Waals surface area contributed by atoms with Gasteiger partial charge in [-0.05, 0) is 101 Å². The van der Waals surface area contributed by atoms with Gasteiger partial charge in [0.2, 0.25) is 11.4 Å². The van der Waals surface area contributed by atoms with Crippen LogP contribution in [-0.2, 0) is 29.3 Å². The molecule has 1 aliphatic heterocycles. The van der Waals surface area contributed by atoms with Crippen LogP contribution >= 0.6 is 0 Å². The molecule has 0 N–H and O–H groups in total. The number of nitrogens with zero attached hydrogens (tertiary/aromatic N) is 2. The fourth-order valence-corrected chi connectivity index (χ4v) is 13.0. The van der Waals surface area contributed by atoms with E-state index in [0.717, 1.165) is 61.9 Å². The van der Waals surface area contributed by atoms with Crippen molar-refractivity contribution in [1.29, 1.82) is 0 Å². The molecule has 3 heteroatoms. The van der Waals surface area contributed by atoms with Crippen LogP contribution in [0.15, 0.2) is 47.5 Å². The summed E-state index contributed by atoms with van der Waals surface area (Å²) in [5.41, 5.74) is 24.6. The largest absolute Gasteiger partial charge is 2.00 e. The molecule has 2 aromatic rings. The molecule has 3 rings (SSSR count). The number of benzene rings is 2. The van der Waals surface area contributed by atoms with Gasteiger partial charge in [0.25, 0.3) is 0 Å². The van der Waals surface area contributed by atoms with Crippen molar-refractivity contribution < 1.29 is 21.2 Å². The second kappa shape index (κ2) is 63.2. The van der Waals surface area contributed by atoms with Crippen molar-refractivity contribution in [3.63, 3.8) is 0 Å². The smallest absolute Gasteiger partial charge is 0.493 e. The van der Waals surface area contributed by atoms with E-state index in [-0.39, 0.29) is 16.5 Å². The minimum Gasteiger partial charge on any atom is -0.493 e. The van der Waals surface area contributed by atoms with E-state index < -0.39 is 0 Å². The molecule has 0 spiro atoms. The maximum atomic E-state index is 12.1. The molecule has 0 saturated carbocycles. The maximum absolute atomic E-state index is 12.1. The summed E-state index contributed by atoms with van der Waals surface area (Å²) in [6.45, 7) is 25.8. The number of hydrogen-bond acceptors (Lipinski definition) is 0. The van der Waals surface area contributed by atoms with Crippen molar-refractivity contribution in [3.05, 3.63) is 100 Å². The average molecular weight is 1230 g/mol. The van der Waals surface area contributed by atoms with Gasteiger partial charge >= 0.3 is 16.5 Å². The van der Waals surface area contributed by atoms with Gasteiger partial charge in [-0.3, -0.25) is 0 Å². The molecular weight excluding hydrogens is 1080 g/mol. The van der Waals surface area contributed by atoms with Crippen LogP contribution in [0.2, 0.25) is 0 Å².